The second kappa shape index (κ2) is 6.67. The molecule has 1 aliphatic rings. The molecule has 0 bridgehead atoms. The summed E-state index contributed by atoms with van der Waals surface area (Å²) in [6.07, 6.45) is 6.07. The van der Waals surface area contributed by atoms with Gasteiger partial charge in [-0.3, -0.25) is 0 Å². The summed E-state index contributed by atoms with van der Waals surface area (Å²) >= 11 is 1.37. The van der Waals surface area contributed by atoms with Crippen LogP contribution in [0.5, 0.6) is 5.88 Å². The van der Waals surface area contributed by atoms with Gasteiger partial charge >= 0.3 is 0 Å². The average molecular weight is 383 g/mol. The summed E-state index contributed by atoms with van der Waals surface area (Å²) in [5.41, 5.74) is 3.42. The summed E-state index contributed by atoms with van der Waals surface area (Å²) in [5.74, 6) is 0.996. The molecule has 0 aliphatic carbocycles. The zero-order chi connectivity index (χ0) is 18.2. The van der Waals surface area contributed by atoms with Gasteiger partial charge in [0.05, 0.1) is 36.4 Å². The van der Waals surface area contributed by atoms with Gasteiger partial charge < -0.3 is 23.8 Å². The Labute approximate surface area is 158 Å². The van der Waals surface area contributed by atoms with Crippen LogP contribution in [0.1, 0.15) is 12.1 Å². The molecule has 0 spiro atoms. The van der Waals surface area contributed by atoms with Crippen molar-refractivity contribution in [3.8, 4) is 11.6 Å². The fourth-order valence-corrected chi connectivity index (χ4v) is 3.71. The van der Waals surface area contributed by atoms with Gasteiger partial charge in [-0.05, 0) is 30.6 Å². The Morgan fingerprint density at radius 1 is 1.33 bits per heavy atom. The highest BCUT2D eigenvalue weighted by Crippen LogP contribution is 2.31. The van der Waals surface area contributed by atoms with Crippen molar-refractivity contribution >= 4 is 33.5 Å². The van der Waals surface area contributed by atoms with E-state index in [1.54, 1.807) is 12.5 Å². The highest BCUT2D eigenvalue weighted by atomic mass is 32.1. The van der Waals surface area contributed by atoms with Crippen molar-refractivity contribution < 1.29 is 13.9 Å². The number of nitrogens with one attached hydrogen (secondary N) is 1. The Morgan fingerprint density at radius 2 is 2.30 bits per heavy atom. The predicted molar refractivity (Wildman–Crippen MR) is 101 cm³/mol. The molecule has 0 aromatic carbocycles. The van der Waals surface area contributed by atoms with E-state index in [4.69, 9.17) is 13.9 Å². The molecule has 0 unspecified atom stereocenters. The van der Waals surface area contributed by atoms with Crippen LogP contribution in [-0.2, 0) is 4.74 Å². The summed E-state index contributed by atoms with van der Waals surface area (Å²) in [4.78, 5) is 9.28. The Balaban J connectivity index is 1.59. The molecule has 1 atom stereocenters. The lowest BCUT2D eigenvalue weighted by Crippen LogP contribution is -2.17. The lowest BCUT2D eigenvalue weighted by Gasteiger charge is -2.14. The number of furan rings is 1. The molecule has 5 heterocycles. The topological polar surface area (TPSA) is 87.2 Å². The number of rotatable bonds is 5. The third kappa shape index (κ3) is 3.15. The molecule has 1 saturated heterocycles. The zero-order valence-electron chi connectivity index (χ0n) is 14.6. The molecule has 1 fully saturated rings. The highest BCUT2D eigenvalue weighted by molar-refractivity contribution is 7.10. The molecule has 4 aromatic heterocycles. The normalized spacial score (nSPS) is 16.9. The first kappa shape index (κ1) is 16.3. The number of hydrogen-bond acceptors (Lipinski definition) is 8. The number of ether oxygens (including phenoxy) is 2. The average Bonchev–Trinajstić information content (AvgIpc) is 3.42. The summed E-state index contributed by atoms with van der Waals surface area (Å²) in [6.45, 7) is 3.22. The summed E-state index contributed by atoms with van der Waals surface area (Å²) in [6, 6.07) is 5.78. The van der Waals surface area contributed by atoms with Crippen LogP contribution in [0.3, 0.4) is 0 Å². The standard InChI is InChI=1S/C18H17N5O3S/c1-11-8-15(27-22-11)20-18-19-14-2-5-23(12-3-6-24-9-12)16(14)17(21-18)26-13-4-7-25-10-13/h2-3,5-6,8-9,13H,4,7,10H2,1H3,(H,19,20,21)/t13-/m0/s1. The van der Waals surface area contributed by atoms with E-state index >= 15 is 0 Å². The largest absolute Gasteiger partial charge is 0.470 e. The maximum Gasteiger partial charge on any atom is 0.244 e. The van der Waals surface area contributed by atoms with Crippen LogP contribution in [0.4, 0.5) is 10.9 Å². The lowest BCUT2D eigenvalue weighted by atomic mass is 10.3. The molecule has 0 radical (unpaired) electrons. The van der Waals surface area contributed by atoms with Gasteiger partial charge in [-0.2, -0.15) is 9.36 Å². The molecular weight excluding hydrogens is 366 g/mol. The number of hydrogen-bond donors (Lipinski definition) is 1. The molecule has 5 rings (SSSR count). The molecule has 8 nitrogen and oxygen atoms in total. The smallest absolute Gasteiger partial charge is 0.244 e. The van der Waals surface area contributed by atoms with E-state index < -0.39 is 0 Å². The van der Waals surface area contributed by atoms with E-state index in [0.717, 1.165) is 33.8 Å². The van der Waals surface area contributed by atoms with Crippen LogP contribution >= 0.6 is 11.5 Å². The molecule has 4 aromatic rings. The van der Waals surface area contributed by atoms with E-state index in [1.807, 2.05) is 35.9 Å². The summed E-state index contributed by atoms with van der Waals surface area (Å²) < 4.78 is 23.1. The van der Waals surface area contributed by atoms with Crippen molar-refractivity contribution in [2.45, 2.75) is 19.4 Å². The highest BCUT2D eigenvalue weighted by Gasteiger charge is 2.22. The monoisotopic (exact) mass is 383 g/mol. The number of aromatic nitrogens is 4. The van der Waals surface area contributed by atoms with Gasteiger partial charge in [0.2, 0.25) is 11.8 Å². The van der Waals surface area contributed by atoms with Gasteiger partial charge in [0.25, 0.3) is 0 Å². The quantitative estimate of drug-likeness (QED) is 0.562. The van der Waals surface area contributed by atoms with E-state index in [-0.39, 0.29) is 6.10 Å². The summed E-state index contributed by atoms with van der Waals surface area (Å²) in [5, 5.41) is 4.11. The van der Waals surface area contributed by atoms with Crippen molar-refractivity contribution in [3.63, 3.8) is 0 Å². The van der Waals surface area contributed by atoms with Crippen molar-refractivity contribution in [3.05, 3.63) is 42.6 Å². The van der Waals surface area contributed by atoms with Crippen molar-refractivity contribution in [2.24, 2.45) is 0 Å². The molecule has 27 heavy (non-hydrogen) atoms. The first-order valence-electron chi connectivity index (χ1n) is 8.63. The summed E-state index contributed by atoms with van der Waals surface area (Å²) in [7, 11) is 0. The Kier molecular flexibility index (Phi) is 4.02. The molecular formula is C18H17N5O3S. The number of aryl methyl sites for hydroxylation is 1. The van der Waals surface area contributed by atoms with E-state index in [0.29, 0.717) is 25.0 Å². The second-order valence-corrected chi connectivity index (χ2v) is 7.12. The van der Waals surface area contributed by atoms with Crippen molar-refractivity contribution in [2.75, 3.05) is 18.5 Å². The number of fused-ring (bicyclic) bond motifs is 1. The van der Waals surface area contributed by atoms with Gasteiger partial charge in [0, 0.05) is 18.7 Å². The first-order valence-corrected chi connectivity index (χ1v) is 9.40. The third-order valence-corrected chi connectivity index (χ3v) is 5.11. The fourth-order valence-electron chi connectivity index (χ4n) is 3.06. The van der Waals surface area contributed by atoms with Crippen molar-refractivity contribution in [1.29, 1.82) is 0 Å². The zero-order valence-corrected chi connectivity index (χ0v) is 15.4. The fraction of sp³-hybridized carbons (Fsp3) is 0.278. The SMILES string of the molecule is Cc1cc(Nc2nc(O[C@H]3CCOC3)c3c(ccn3-c3ccoc3)n2)sn1. The van der Waals surface area contributed by atoms with Gasteiger partial charge in [-0.1, -0.05) is 0 Å². The van der Waals surface area contributed by atoms with E-state index in [9.17, 15) is 0 Å². The molecule has 1 N–H and O–H groups in total. The minimum Gasteiger partial charge on any atom is -0.470 e. The third-order valence-electron chi connectivity index (χ3n) is 4.31. The molecule has 138 valence electrons. The van der Waals surface area contributed by atoms with Gasteiger partial charge in [-0.15, -0.1) is 0 Å². The van der Waals surface area contributed by atoms with Crippen LogP contribution in [0.15, 0.2) is 41.3 Å². The molecule has 9 heteroatoms. The molecule has 1 aliphatic heterocycles. The predicted octanol–water partition coefficient (Wildman–Crippen LogP) is 3.69. The van der Waals surface area contributed by atoms with Crippen LogP contribution < -0.4 is 10.1 Å². The Hall–Kier alpha value is -2.91. The van der Waals surface area contributed by atoms with Gasteiger partial charge in [0.15, 0.2) is 0 Å². The van der Waals surface area contributed by atoms with Crippen LogP contribution in [0, 0.1) is 6.92 Å². The molecule has 0 saturated carbocycles. The Morgan fingerprint density at radius 3 is 3.04 bits per heavy atom. The van der Waals surface area contributed by atoms with Crippen LogP contribution in [0.25, 0.3) is 16.7 Å². The number of nitrogens with zero attached hydrogens (tertiary/aromatic N) is 4. The first-order chi connectivity index (χ1) is 13.3. The Bertz CT molecular complexity index is 1070. The van der Waals surface area contributed by atoms with Crippen LogP contribution in [-0.4, -0.2) is 38.2 Å². The number of anilines is 2. The maximum absolute atomic E-state index is 6.19. The minimum absolute atomic E-state index is 0.0192. The lowest BCUT2D eigenvalue weighted by molar-refractivity contribution is 0.139. The van der Waals surface area contributed by atoms with Crippen molar-refractivity contribution in [1.82, 2.24) is 18.9 Å². The van der Waals surface area contributed by atoms with E-state index in [2.05, 4.69) is 19.7 Å². The van der Waals surface area contributed by atoms with Gasteiger partial charge in [-0.25, -0.2) is 4.98 Å². The maximum atomic E-state index is 6.19. The minimum atomic E-state index is -0.0192. The van der Waals surface area contributed by atoms with Gasteiger partial charge in [0.1, 0.15) is 22.9 Å². The van der Waals surface area contributed by atoms with Crippen LogP contribution in [0.2, 0.25) is 0 Å². The molecule has 0 amide bonds. The van der Waals surface area contributed by atoms with E-state index in [1.165, 1.54) is 11.5 Å². The second-order valence-electron chi connectivity index (χ2n) is 6.31.